The maximum Gasteiger partial charge on any atom is 0.230 e. The lowest BCUT2D eigenvalue weighted by Crippen LogP contribution is -2.30. The van der Waals surface area contributed by atoms with Crippen LogP contribution in [0.25, 0.3) is 11.8 Å². The lowest BCUT2D eigenvalue weighted by molar-refractivity contribution is 0.105. The van der Waals surface area contributed by atoms with E-state index in [0.29, 0.717) is 0 Å². The summed E-state index contributed by atoms with van der Waals surface area (Å²) in [6.45, 7) is 2.02. The van der Waals surface area contributed by atoms with Crippen LogP contribution in [0.5, 0.6) is 11.5 Å². The molecule has 22 heavy (non-hydrogen) atoms. The molecule has 0 fully saturated rings. The fourth-order valence-corrected chi connectivity index (χ4v) is 3.27. The summed E-state index contributed by atoms with van der Waals surface area (Å²) in [7, 11) is 0. The van der Waals surface area contributed by atoms with Crippen molar-refractivity contribution in [3.63, 3.8) is 0 Å². The molecule has 2 aromatic carbocycles. The number of nitrogens with zero attached hydrogens (tertiary/aromatic N) is 2. The van der Waals surface area contributed by atoms with Crippen molar-refractivity contribution in [3.8, 4) is 11.5 Å². The van der Waals surface area contributed by atoms with Crippen LogP contribution in [0.1, 0.15) is 16.7 Å². The summed E-state index contributed by atoms with van der Waals surface area (Å²) in [4.78, 5) is 6.98. The smallest absolute Gasteiger partial charge is 0.230 e. The minimum atomic E-state index is 0.278. The third-order valence-electron chi connectivity index (χ3n) is 4.29. The summed E-state index contributed by atoms with van der Waals surface area (Å²) in [5.41, 5.74) is 4.66. The van der Waals surface area contributed by atoms with Crippen molar-refractivity contribution < 1.29 is 9.47 Å². The van der Waals surface area contributed by atoms with Crippen molar-refractivity contribution in [3.05, 3.63) is 59.2 Å². The Hall–Kier alpha value is -2.75. The van der Waals surface area contributed by atoms with Crippen molar-refractivity contribution in [1.82, 2.24) is 4.90 Å². The maximum absolute atomic E-state index is 5.67. The molecule has 3 aliphatic heterocycles. The Kier molecular flexibility index (Phi) is 2.36. The van der Waals surface area contributed by atoms with Crippen molar-refractivity contribution in [2.75, 3.05) is 19.9 Å². The van der Waals surface area contributed by atoms with Crippen LogP contribution in [0.4, 0.5) is 0 Å². The maximum atomic E-state index is 5.67. The molecule has 3 aliphatic rings. The number of hydrogen-bond acceptors (Lipinski definition) is 4. The zero-order valence-corrected chi connectivity index (χ0v) is 12.0. The molecule has 0 aromatic heterocycles. The van der Waals surface area contributed by atoms with Crippen LogP contribution in [0.15, 0.2) is 47.5 Å². The van der Waals surface area contributed by atoms with E-state index in [2.05, 4.69) is 41.3 Å². The number of ether oxygens (including phenoxy) is 2. The van der Waals surface area contributed by atoms with Crippen LogP contribution in [0.3, 0.4) is 0 Å². The van der Waals surface area contributed by atoms with Gasteiger partial charge in [0.25, 0.3) is 0 Å². The van der Waals surface area contributed by atoms with Crippen LogP contribution >= 0.6 is 0 Å². The van der Waals surface area contributed by atoms with Crippen LogP contribution in [0.2, 0.25) is 0 Å². The van der Waals surface area contributed by atoms with Gasteiger partial charge in [0, 0.05) is 23.7 Å². The highest BCUT2D eigenvalue weighted by Gasteiger charge is 2.30. The Morgan fingerprint density at radius 1 is 1.00 bits per heavy atom. The fraction of sp³-hybridized carbons (Fsp3) is 0.167. The molecule has 4 nitrogen and oxygen atoms in total. The molecule has 0 spiro atoms. The lowest BCUT2D eigenvalue weighted by atomic mass is 9.97. The molecule has 4 heteroatoms. The van der Waals surface area contributed by atoms with E-state index in [-0.39, 0.29) is 6.79 Å². The molecular weight excluding hydrogens is 276 g/mol. The molecule has 0 atom stereocenters. The predicted molar refractivity (Wildman–Crippen MR) is 85.0 cm³/mol. The SMILES string of the molecule is C1=C(c2ccc3cc2OCO3)N2CCN=C2c2ccccc21. The normalized spacial score (nSPS) is 17.7. The van der Waals surface area contributed by atoms with Gasteiger partial charge in [-0.15, -0.1) is 0 Å². The highest BCUT2D eigenvalue weighted by Crippen LogP contribution is 2.39. The highest BCUT2D eigenvalue weighted by atomic mass is 16.7. The Morgan fingerprint density at radius 2 is 1.95 bits per heavy atom. The minimum absolute atomic E-state index is 0.278. The van der Waals surface area contributed by atoms with Crippen LogP contribution in [0, 0.1) is 0 Å². The van der Waals surface area contributed by atoms with Crippen LogP contribution in [-0.2, 0) is 0 Å². The Labute approximate surface area is 128 Å². The van der Waals surface area contributed by atoms with Gasteiger partial charge in [-0.05, 0) is 23.8 Å². The first-order valence-electron chi connectivity index (χ1n) is 7.43. The van der Waals surface area contributed by atoms with Crippen LogP contribution < -0.4 is 9.47 Å². The van der Waals surface area contributed by atoms with E-state index < -0.39 is 0 Å². The van der Waals surface area contributed by atoms with E-state index in [4.69, 9.17) is 14.5 Å². The van der Waals surface area contributed by atoms with E-state index >= 15 is 0 Å². The number of fused-ring (bicyclic) bond motifs is 5. The minimum Gasteiger partial charge on any atom is -0.457 e. The molecule has 108 valence electrons. The summed E-state index contributed by atoms with van der Waals surface area (Å²) < 4.78 is 11.1. The topological polar surface area (TPSA) is 34.1 Å². The standard InChI is InChI=1S/C18H14N2O2/c1-2-4-14-12(3-1)9-16(20-8-7-19-18(14)20)15-6-5-13-10-17(15)22-11-21-13/h1-6,9-10H,7-8,11H2. The van der Waals surface area contributed by atoms with E-state index in [1.807, 2.05) is 12.1 Å². The summed E-state index contributed by atoms with van der Waals surface area (Å²) in [5.74, 6) is 2.80. The van der Waals surface area contributed by atoms with E-state index in [1.165, 1.54) is 11.1 Å². The van der Waals surface area contributed by atoms with Gasteiger partial charge in [0.2, 0.25) is 6.79 Å². The van der Waals surface area contributed by atoms with Crippen molar-refractivity contribution in [2.24, 2.45) is 4.99 Å². The molecule has 0 saturated carbocycles. The largest absolute Gasteiger partial charge is 0.457 e. The second-order valence-corrected chi connectivity index (χ2v) is 5.54. The van der Waals surface area contributed by atoms with Crippen molar-refractivity contribution >= 4 is 17.6 Å². The molecule has 0 unspecified atom stereocenters. The lowest BCUT2D eigenvalue weighted by Gasteiger charge is -2.30. The number of benzene rings is 2. The van der Waals surface area contributed by atoms with Gasteiger partial charge in [-0.1, -0.05) is 24.3 Å². The van der Waals surface area contributed by atoms with Gasteiger partial charge in [-0.2, -0.15) is 0 Å². The summed E-state index contributed by atoms with van der Waals surface area (Å²) in [6.07, 6.45) is 2.23. The average Bonchev–Trinajstić information content (AvgIpc) is 3.05. The Bertz CT molecular complexity index is 839. The Balaban J connectivity index is 1.72. The predicted octanol–water partition coefficient (Wildman–Crippen LogP) is 2.99. The number of amidine groups is 1. The molecular formula is C18H14N2O2. The number of hydrogen-bond donors (Lipinski definition) is 0. The first-order valence-corrected chi connectivity index (χ1v) is 7.43. The van der Waals surface area contributed by atoms with E-state index in [9.17, 15) is 0 Å². The Morgan fingerprint density at radius 3 is 2.95 bits per heavy atom. The number of aliphatic imine (C=N–C) groups is 1. The molecule has 0 N–H and O–H groups in total. The molecule has 0 aliphatic carbocycles. The molecule has 0 radical (unpaired) electrons. The summed E-state index contributed by atoms with van der Waals surface area (Å²) in [5, 5.41) is 0. The first kappa shape index (κ1) is 11.9. The van der Waals surface area contributed by atoms with Gasteiger partial charge < -0.3 is 14.4 Å². The molecule has 5 rings (SSSR count). The van der Waals surface area contributed by atoms with Gasteiger partial charge in [-0.25, -0.2) is 0 Å². The van der Waals surface area contributed by atoms with Crippen LogP contribution in [-0.4, -0.2) is 30.6 Å². The number of rotatable bonds is 1. The molecule has 0 amide bonds. The molecule has 0 saturated heterocycles. The zero-order valence-electron chi connectivity index (χ0n) is 12.0. The van der Waals surface area contributed by atoms with Gasteiger partial charge in [0.1, 0.15) is 17.3 Å². The summed E-state index contributed by atoms with van der Waals surface area (Å²) in [6, 6.07) is 14.4. The van der Waals surface area contributed by atoms with Crippen molar-refractivity contribution in [2.45, 2.75) is 0 Å². The third kappa shape index (κ3) is 1.61. The zero-order chi connectivity index (χ0) is 14.5. The van der Waals surface area contributed by atoms with Crippen molar-refractivity contribution in [1.29, 1.82) is 0 Å². The van der Waals surface area contributed by atoms with Gasteiger partial charge >= 0.3 is 0 Å². The van der Waals surface area contributed by atoms with E-state index in [0.717, 1.165) is 41.7 Å². The molecule has 3 heterocycles. The highest BCUT2D eigenvalue weighted by molar-refractivity contribution is 6.12. The monoisotopic (exact) mass is 290 g/mol. The fourth-order valence-electron chi connectivity index (χ4n) is 3.27. The molecule has 2 bridgehead atoms. The average molecular weight is 290 g/mol. The quantitative estimate of drug-likeness (QED) is 0.809. The van der Waals surface area contributed by atoms with E-state index in [1.54, 1.807) is 0 Å². The second-order valence-electron chi connectivity index (χ2n) is 5.54. The van der Waals surface area contributed by atoms with Gasteiger partial charge in [0.05, 0.1) is 12.2 Å². The summed E-state index contributed by atoms with van der Waals surface area (Å²) >= 11 is 0. The first-order chi connectivity index (χ1) is 10.9. The second kappa shape index (κ2) is 4.37. The van der Waals surface area contributed by atoms with Gasteiger partial charge in [-0.3, -0.25) is 4.99 Å². The molecule has 2 aromatic rings. The van der Waals surface area contributed by atoms with Gasteiger partial charge in [0.15, 0.2) is 0 Å². The third-order valence-corrected chi connectivity index (χ3v) is 4.29.